The molecule has 7 heteroatoms. The average Bonchev–Trinajstić information content (AvgIpc) is 2.66. The summed E-state index contributed by atoms with van der Waals surface area (Å²) in [5.74, 6) is -0.532. The molecule has 0 aromatic carbocycles. The molecule has 2 heterocycles. The molecule has 16 heavy (non-hydrogen) atoms. The van der Waals surface area contributed by atoms with Gasteiger partial charge in [0.15, 0.2) is 0 Å². The molecule has 0 spiro atoms. The van der Waals surface area contributed by atoms with Gasteiger partial charge in [-0.2, -0.15) is 5.10 Å². The van der Waals surface area contributed by atoms with Crippen molar-refractivity contribution >= 4 is 27.5 Å². The molecule has 2 aromatic heterocycles. The highest BCUT2D eigenvalue weighted by Gasteiger charge is 2.10. The second kappa shape index (κ2) is 3.93. The van der Waals surface area contributed by atoms with Gasteiger partial charge in [-0.05, 0) is 15.9 Å². The molecule has 2 rings (SSSR count). The summed E-state index contributed by atoms with van der Waals surface area (Å²) in [5.41, 5.74) is 12.3. The Kier molecular flexibility index (Phi) is 2.61. The van der Waals surface area contributed by atoms with E-state index in [1.54, 1.807) is 6.20 Å². The van der Waals surface area contributed by atoms with Crippen LogP contribution >= 0.6 is 15.9 Å². The molecule has 0 bridgehead atoms. The van der Waals surface area contributed by atoms with E-state index in [9.17, 15) is 4.79 Å². The molecule has 0 aliphatic carbocycles. The Morgan fingerprint density at radius 1 is 1.38 bits per heavy atom. The van der Waals surface area contributed by atoms with Crippen LogP contribution in [0.1, 0.15) is 10.4 Å². The van der Waals surface area contributed by atoms with Crippen molar-refractivity contribution in [3.05, 3.63) is 34.8 Å². The zero-order valence-electron chi connectivity index (χ0n) is 8.09. The van der Waals surface area contributed by atoms with E-state index in [4.69, 9.17) is 11.5 Å². The van der Waals surface area contributed by atoms with Crippen LogP contribution < -0.4 is 11.5 Å². The van der Waals surface area contributed by atoms with Gasteiger partial charge in [0.05, 0.1) is 28.1 Å². The lowest BCUT2D eigenvalue weighted by Gasteiger charge is -2.06. The largest absolute Gasteiger partial charge is 0.396 e. The number of hydrogen-bond donors (Lipinski definition) is 2. The number of halogens is 1. The third kappa shape index (κ3) is 1.76. The number of amides is 1. The van der Waals surface area contributed by atoms with E-state index in [-0.39, 0.29) is 0 Å². The number of anilines is 1. The van der Waals surface area contributed by atoms with Crippen molar-refractivity contribution < 1.29 is 4.79 Å². The summed E-state index contributed by atoms with van der Waals surface area (Å²) in [6, 6.07) is 0. The van der Waals surface area contributed by atoms with E-state index in [1.807, 2.05) is 0 Å². The zero-order valence-corrected chi connectivity index (χ0v) is 9.68. The Morgan fingerprint density at radius 2 is 2.12 bits per heavy atom. The zero-order chi connectivity index (χ0) is 11.7. The van der Waals surface area contributed by atoms with E-state index < -0.39 is 5.91 Å². The number of nitrogens with zero attached hydrogens (tertiary/aromatic N) is 3. The maximum Gasteiger partial charge on any atom is 0.251 e. The van der Waals surface area contributed by atoms with Gasteiger partial charge in [-0.1, -0.05) is 0 Å². The van der Waals surface area contributed by atoms with Crippen LogP contribution in [0, 0.1) is 0 Å². The molecular formula is C9H8BrN5O. The van der Waals surface area contributed by atoms with Gasteiger partial charge in [0.1, 0.15) is 5.69 Å². The average molecular weight is 282 g/mol. The number of rotatable bonds is 2. The first kappa shape index (κ1) is 10.6. The molecule has 4 N–H and O–H groups in total. The van der Waals surface area contributed by atoms with Crippen LogP contribution in [0.5, 0.6) is 0 Å². The summed E-state index contributed by atoms with van der Waals surface area (Å²) in [7, 11) is 0. The number of carbonyl (C=O) groups excluding carboxylic acids is 1. The standard InChI is InChI=1S/C9H8BrN5O/c10-6-2-13-3-7(11)8(6)15-4-5(1-14-15)9(12)16/h1-4H,11H2,(H2,12,16). The third-order valence-electron chi connectivity index (χ3n) is 2.00. The van der Waals surface area contributed by atoms with Gasteiger partial charge in [-0.15, -0.1) is 0 Å². The third-order valence-corrected chi connectivity index (χ3v) is 2.58. The summed E-state index contributed by atoms with van der Waals surface area (Å²) in [6.07, 6.45) is 6.00. The number of hydrogen-bond acceptors (Lipinski definition) is 4. The number of nitrogens with two attached hydrogens (primary N) is 2. The molecular weight excluding hydrogens is 274 g/mol. The highest BCUT2D eigenvalue weighted by molar-refractivity contribution is 9.10. The van der Waals surface area contributed by atoms with Crippen LogP contribution in [-0.2, 0) is 0 Å². The van der Waals surface area contributed by atoms with Gasteiger partial charge in [0.2, 0.25) is 0 Å². The molecule has 0 atom stereocenters. The van der Waals surface area contributed by atoms with Crippen molar-refractivity contribution in [2.75, 3.05) is 5.73 Å². The fourth-order valence-electron chi connectivity index (χ4n) is 1.26. The lowest BCUT2D eigenvalue weighted by atomic mass is 10.3. The molecule has 82 valence electrons. The molecule has 0 aliphatic rings. The van der Waals surface area contributed by atoms with Gasteiger partial charge in [0.25, 0.3) is 5.91 Å². The molecule has 6 nitrogen and oxygen atoms in total. The molecule has 0 saturated carbocycles. The van der Waals surface area contributed by atoms with E-state index in [0.717, 1.165) is 0 Å². The van der Waals surface area contributed by atoms with Crippen LogP contribution in [0.15, 0.2) is 29.3 Å². The topological polar surface area (TPSA) is 99.8 Å². The monoisotopic (exact) mass is 281 g/mol. The Hall–Kier alpha value is -1.89. The minimum Gasteiger partial charge on any atom is -0.396 e. The molecule has 0 fully saturated rings. The van der Waals surface area contributed by atoms with Crippen molar-refractivity contribution in [2.24, 2.45) is 5.73 Å². The van der Waals surface area contributed by atoms with Crippen molar-refractivity contribution in [2.45, 2.75) is 0 Å². The minimum absolute atomic E-state index is 0.322. The number of primary amides is 1. The summed E-state index contributed by atoms with van der Waals surface area (Å²) in [4.78, 5) is 14.8. The fourth-order valence-corrected chi connectivity index (χ4v) is 1.79. The van der Waals surface area contributed by atoms with Crippen LogP contribution in [-0.4, -0.2) is 20.7 Å². The fraction of sp³-hybridized carbons (Fsp3) is 0. The van der Waals surface area contributed by atoms with Gasteiger partial charge >= 0.3 is 0 Å². The van der Waals surface area contributed by atoms with Crippen molar-refractivity contribution in [1.29, 1.82) is 0 Å². The second-order valence-electron chi connectivity index (χ2n) is 3.10. The maximum absolute atomic E-state index is 10.9. The summed E-state index contributed by atoms with van der Waals surface area (Å²) in [6.45, 7) is 0. The number of nitrogen functional groups attached to an aromatic ring is 1. The number of aromatic nitrogens is 3. The van der Waals surface area contributed by atoms with E-state index in [0.29, 0.717) is 21.4 Å². The molecule has 2 aromatic rings. The van der Waals surface area contributed by atoms with Crippen LogP contribution in [0.25, 0.3) is 5.69 Å². The van der Waals surface area contributed by atoms with Gasteiger partial charge in [-0.3, -0.25) is 9.78 Å². The molecule has 0 radical (unpaired) electrons. The second-order valence-corrected chi connectivity index (χ2v) is 3.95. The Labute approximate surface area is 99.4 Å². The normalized spacial score (nSPS) is 10.3. The first-order valence-electron chi connectivity index (χ1n) is 4.33. The lowest BCUT2D eigenvalue weighted by Crippen LogP contribution is -2.09. The molecule has 0 saturated heterocycles. The van der Waals surface area contributed by atoms with Gasteiger partial charge in [0, 0.05) is 12.4 Å². The van der Waals surface area contributed by atoms with Crippen LogP contribution in [0.3, 0.4) is 0 Å². The highest BCUT2D eigenvalue weighted by Crippen LogP contribution is 2.24. The molecule has 0 unspecified atom stereocenters. The van der Waals surface area contributed by atoms with Crippen LogP contribution in [0.2, 0.25) is 0 Å². The number of carbonyl (C=O) groups is 1. The molecule has 1 amide bonds. The number of pyridine rings is 1. The van der Waals surface area contributed by atoms with Gasteiger partial charge < -0.3 is 11.5 Å². The molecule has 0 aliphatic heterocycles. The van der Waals surface area contributed by atoms with E-state index >= 15 is 0 Å². The summed E-state index contributed by atoms with van der Waals surface area (Å²) < 4.78 is 2.16. The summed E-state index contributed by atoms with van der Waals surface area (Å²) in [5, 5.41) is 4.01. The quantitative estimate of drug-likeness (QED) is 0.847. The Balaban J connectivity index is 2.54. The first-order chi connectivity index (χ1) is 7.59. The minimum atomic E-state index is -0.532. The van der Waals surface area contributed by atoms with Crippen LogP contribution in [0.4, 0.5) is 5.69 Å². The SMILES string of the molecule is NC(=O)c1cnn(-c2c(N)cncc2Br)c1. The maximum atomic E-state index is 10.9. The highest BCUT2D eigenvalue weighted by atomic mass is 79.9. The Bertz CT molecular complexity index is 530. The van der Waals surface area contributed by atoms with Crippen molar-refractivity contribution in [3.8, 4) is 5.69 Å². The summed E-state index contributed by atoms with van der Waals surface area (Å²) >= 11 is 3.31. The smallest absolute Gasteiger partial charge is 0.251 e. The lowest BCUT2D eigenvalue weighted by molar-refractivity contribution is 0.100. The van der Waals surface area contributed by atoms with E-state index in [1.165, 1.54) is 23.3 Å². The van der Waals surface area contributed by atoms with Crippen molar-refractivity contribution in [3.63, 3.8) is 0 Å². The first-order valence-corrected chi connectivity index (χ1v) is 5.12. The predicted octanol–water partition coefficient (Wildman–Crippen LogP) is 0.711. The van der Waals surface area contributed by atoms with E-state index in [2.05, 4.69) is 26.0 Å². The Morgan fingerprint density at radius 3 is 2.69 bits per heavy atom. The van der Waals surface area contributed by atoms with Gasteiger partial charge in [-0.25, -0.2) is 4.68 Å². The predicted molar refractivity (Wildman–Crippen MR) is 62.0 cm³/mol. The van der Waals surface area contributed by atoms with Crippen molar-refractivity contribution in [1.82, 2.24) is 14.8 Å².